The maximum Gasteiger partial charge on any atom is 0.335 e. The topological polar surface area (TPSA) is 62.5 Å². The minimum atomic E-state index is -1.07. The summed E-state index contributed by atoms with van der Waals surface area (Å²) >= 11 is 0. The zero-order valence-corrected chi connectivity index (χ0v) is 10.4. The van der Waals surface area contributed by atoms with Gasteiger partial charge < -0.3 is 14.8 Å². The number of aromatic carboxylic acids is 1. The summed E-state index contributed by atoms with van der Waals surface area (Å²) in [7, 11) is 0. The van der Waals surface area contributed by atoms with Crippen LogP contribution >= 0.6 is 0 Å². The van der Waals surface area contributed by atoms with Gasteiger partial charge in [0.25, 0.3) is 0 Å². The smallest absolute Gasteiger partial charge is 0.335 e. The number of nitrogens with one attached hydrogen (secondary N) is 1. The van der Waals surface area contributed by atoms with Gasteiger partial charge in [0.05, 0.1) is 17.9 Å². The number of benzene rings is 1. The van der Waals surface area contributed by atoms with Crippen LogP contribution in [0.4, 0.5) is 4.39 Å². The monoisotopic (exact) mass is 263 g/mol. The maximum atomic E-state index is 13.6. The van der Waals surface area contributed by atoms with Gasteiger partial charge in [-0.3, -0.25) is 0 Å². The van der Waals surface area contributed by atoms with E-state index in [0.29, 0.717) is 5.56 Å². The maximum absolute atomic E-state index is 13.6. The van der Waals surface area contributed by atoms with E-state index in [1.54, 1.807) is 12.3 Å². The molecule has 1 heterocycles. The van der Waals surface area contributed by atoms with Crippen molar-refractivity contribution in [2.24, 2.45) is 0 Å². The molecule has 0 saturated carbocycles. The molecule has 0 unspecified atom stereocenters. The van der Waals surface area contributed by atoms with E-state index in [0.717, 1.165) is 11.8 Å². The third-order valence-electron chi connectivity index (χ3n) is 2.86. The molecule has 0 saturated heterocycles. The van der Waals surface area contributed by atoms with Crippen molar-refractivity contribution >= 4 is 5.97 Å². The van der Waals surface area contributed by atoms with Crippen molar-refractivity contribution < 1.29 is 18.7 Å². The molecule has 2 rings (SSSR count). The first-order chi connectivity index (χ1) is 9.08. The average molecular weight is 263 g/mol. The van der Waals surface area contributed by atoms with Crippen molar-refractivity contribution in [3.63, 3.8) is 0 Å². The Balaban J connectivity index is 2.06. The number of halogens is 1. The number of furan rings is 1. The molecule has 0 aliphatic heterocycles. The summed E-state index contributed by atoms with van der Waals surface area (Å²) in [4.78, 5) is 10.8. The van der Waals surface area contributed by atoms with E-state index in [2.05, 4.69) is 5.32 Å². The molecule has 5 heteroatoms. The van der Waals surface area contributed by atoms with Crippen LogP contribution in [0.25, 0.3) is 0 Å². The van der Waals surface area contributed by atoms with Crippen LogP contribution in [0.5, 0.6) is 0 Å². The van der Waals surface area contributed by atoms with Gasteiger partial charge in [-0.1, -0.05) is 0 Å². The Labute approximate surface area is 109 Å². The van der Waals surface area contributed by atoms with E-state index in [4.69, 9.17) is 9.52 Å². The molecule has 4 nitrogen and oxygen atoms in total. The first-order valence-corrected chi connectivity index (χ1v) is 5.86. The molecule has 2 N–H and O–H groups in total. The predicted molar refractivity (Wildman–Crippen MR) is 67.3 cm³/mol. The molecular formula is C14H14FNO3. The van der Waals surface area contributed by atoms with E-state index in [1.165, 1.54) is 12.1 Å². The Morgan fingerprint density at radius 2 is 2.26 bits per heavy atom. The van der Waals surface area contributed by atoms with E-state index in [9.17, 15) is 9.18 Å². The molecule has 0 fully saturated rings. The normalized spacial score (nSPS) is 12.3. The molecule has 0 radical (unpaired) electrons. The summed E-state index contributed by atoms with van der Waals surface area (Å²) in [5, 5.41) is 12.0. The predicted octanol–water partition coefficient (Wildman–Crippen LogP) is 2.97. The number of hydrogen-bond donors (Lipinski definition) is 2. The SMILES string of the molecule is C[C@H](NCc1cc(C(=O)O)ccc1F)c1ccco1. The van der Waals surface area contributed by atoms with Crippen molar-refractivity contribution in [2.75, 3.05) is 0 Å². The van der Waals surface area contributed by atoms with Crippen LogP contribution in [0.3, 0.4) is 0 Å². The third-order valence-corrected chi connectivity index (χ3v) is 2.86. The number of hydrogen-bond acceptors (Lipinski definition) is 3. The van der Waals surface area contributed by atoms with E-state index < -0.39 is 11.8 Å². The van der Waals surface area contributed by atoms with Crippen molar-refractivity contribution in [3.8, 4) is 0 Å². The van der Waals surface area contributed by atoms with Gasteiger partial charge in [-0.05, 0) is 37.3 Å². The lowest BCUT2D eigenvalue weighted by Gasteiger charge is -2.12. The molecule has 100 valence electrons. The Morgan fingerprint density at radius 3 is 2.89 bits per heavy atom. The summed E-state index contributed by atoms with van der Waals surface area (Å²) in [5.41, 5.74) is 0.391. The van der Waals surface area contributed by atoms with Crippen LogP contribution in [-0.2, 0) is 6.54 Å². The van der Waals surface area contributed by atoms with Crippen LogP contribution in [-0.4, -0.2) is 11.1 Å². The van der Waals surface area contributed by atoms with Crippen molar-refractivity contribution in [2.45, 2.75) is 19.5 Å². The number of carboxylic acids is 1. The average Bonchev–Trinajstić information content (AvgIpc) is 2.91. The summed E-state index contributed by atoms with van der Waals surface area (Å²) in [6.45, 7) is 2.12. The fourth-order valence-electron chi connectivity index (χ4n) is 1.74. The molecule has 1 aromatic carbocycles. The van der Waals surface area contributed by atoms with Crippen LogP contribution in [0.1, 0.15) is 34.6 Å². The Bertz CT molecular complexity index is 566. The minimum Gasteiger partial charge on any atom is -0.478 e. The fourth-order valence-corrected chi connectivity index (χ4v) is 1.74. The highest BCUT2D eigenvalue weighted by atomic mass is 19.1. The van der Waals surface area contributed by atoms with Crippen molar-refractivity contribution in [1.82, 2.24) is 5.32 Å². The van der Waals surface area contributed by atoms with Gasteiger partial charge in [-0.2, -0.15) is 0 Å². The molecule has 19 heavy (non-hydrogen) atoms. The summed E-state index contributed by atoms with van der Waals surface area (Å²) in [6.07, 6.45) is 1.57. The zero-order valence-electron chi connectivity index (χ0n) is 10.4. The van der Waals surface area contributed by atoms with Gasteiger partial charge in [0, 0.05) is 12.1 Å². The van der Waals surface area contributed by atoms with Gasteiger partial charge in [0.1, 0.15) is 11.6 Å². The molecular weight excluding hydrogens is 249 g/mol. The molecule has 0 bridgehead atoms. The largest absolute Gasteiger partial charge is 0.478 e. The zero-order chi connectivity index (χ0) is 13.8. The second-order valence-electron chi connectivity index (χ2n) is 4.23. The molecule has 0 aliphatic rings. The number of carboxylic acid groups (broad SMARTS) is 1. The van der Waals surface area contributed by atoms with Gasteiger partial charge in [-0.15, -0.1) is 0 Å². The standard InChI is InChI=1S/C14H14FNO3/c1-9(13-3-2-6-19-13)16-8-11-7-10(14(17)18)4-5-12(11)15/h2-7,9,16H,8H2,1H3,(H,17,18)/t9-/m0/s1. The Kier molecular flexibility index (Phi) is 3.97. The van der Waals surface area contributed by atoms with Gasteiger partial charge in [0.15, 0.2) is 0 Å². The first-order valence-electron chi connectivity index (χ1n) is 5.86. The lowest BCUT2D eigenvalue weighted by atomic mass is 10.1. The summed E-state index contributed by atoms with van der Waals surface area (Å²) in [5.74, 6) is -0.751. The van der Waals surface area contributed by atoms with Crippen LogP contribution < -0.4 is 5.32 Å². The number of carbonyl (C=O) groups is 1. The Morgan fingerprint density at radius 1 is 1.47 bits per heavy atom. The highest BCUT2D eigenvalue weighted by Gasteiger charge is 2.11. The molecule has 0 aliphatic carbocycles. The van der Waals surface area contributed by atoms with E-state index >= 15 is 0 Å². The van der Waals surface area contributed by atoms with Crippen LogP contribution in [0.15, 0.2) is 41.0 Å². The lowest BCUT2D eigenvalue weighted by Crippen LogP contribution is -2.18. The molecule has 1 aromatic heterocycles. The molecule has 0 spiro atoms. The van der Waals surface area contributed by atoms with Gasteiger partial charge >= 0.3 is 5.97 Å². The highest BCUT2D eigenvalue weighted by molar-refractivity contribution is 5.87. The number of rotatable bonds is 5. The minimum absolute atomic E-state index is 0.0730. The molecule has 1 atom stereocenters. The van der Waals surface area contributed by atoms with Crippen molar-refractivity contribution in [3.05, 3.63) is 59.3 Å². The van der Waals surface area contributed by atoms with Crippen molar-refractivity contribution in [1.29, 1.82) is 0 Å². The summed E-state index contributed by atoms with van der Waals surface area (Å²) in [6, 6.07) is 7.26. The highest BCUT2D eigenvalue weighted by Crippen LogP contribution is 2.15. The first kappa shape index (κ1) is 13.3. The second kappa shape index (κ2) is 5.67. The Hall–Kier alpha value is -2.14. The van der Waals surface area contributed by atoms with Gasteiger partial charge in [0.2, 0.25) is 0 Å². The summed E-state index contributed by atoms with van der Waals surface area (Å²) < 4.78 is 18.8. The molecule has 0 amide bonds. The van der Waals surface area contributed by atoms with E-state index in [1.807, 2.05) is 13.0 Å². The van der Waals surface area contributed by atoms with E-state index in [-0.39, 0.29) is 18.2 Å². The van der Waals surface area contributed by atoms with Gasteiger partial charge in [-0.25, -0.2) is 9.18 Å². The van der Waals surface area contributed by atoms with Crippen LogP contribution in [0.2, 0.25) is 0 Å². The second-order valence-corrected chi connectivity index (χ2v) is 4.23. The molecule has 2 aromatic rings. The third kappa shape index (κ3) is 3.20. The lowest BCUT2D eigenvalue weighted by molar-refractivity contribution is 0.0696. The fraction of sp³-hybridized carbons (Fsp3) is 0.214. The quantitative estimate of drug-likeness (QED) is 0.870. The van der Waals surface area contributed by atoms with Crippen LogP contribution in [0, 0.1) is 5.82 Å².